The van der Waals surface area contributed by atoms with E-state index in [0.717, 1.165) is 47.1 Å². The lowest BCUT2D eigenvalue weighted by Crippen LogP contribution is -2.40. The summed E-state index contributed by atoms with van der Waals surface area (Å²) in [6.45, 7) is 1.96. The molecule has 0 radical (unpaired) electrons. The number of para-hydroxylation sites is 1. The van der Waals surface area contributed by atoms with Crippen molar-refractivity contribution in [1.82, 2.24) is 4.90 Å². The van der Waals surface area contributed by atoms with Gasteiger partial charge in [-0.15, -0.1) is 0 Å². The number of rotatable bonds is 2. The Morgan fingerprint density at radius 1 is 1.00 bits per heavy atom. The van der Waals surface area contributed by atoms with E-state index in [2.05, 4.69) is 0 Å². The van der Waals surface area contributed by atoms with Crippen LogP contribution < -0.4 is 4.90 Å². The lowest BCUT2D eigenvalue weighted by Gasteiger charge is -2.25. The first-order valence-corrected chi connectivity index (χ1v) is 9.88. The number of urea groups is 1. The van der Waals surface area contributed by atoms with Crippen molar-refractivity contribution in [2.75, 3.05) is 4.90 Å². The molecule has 1 saturated carbocycles. The number of aryl methyl sites for hydroxylation is 1. The molecule has 5 nitrogen and oxygen atoms in total. The summed E-state index contributed by atoms with van der Waals surface area (Å²) in [6.07, 6.45) is 3.08. The summed E-state index contributed by atoms with van der Waals surface area (Å²) in [7, 11) is 0. The van der Waals surface area contributed by atoms with Crippen LogP contribution in [0.5, 0.6) is 0 Å². The van der Waals surface area contributed by atoms with Crippen LogP contribution >= 0.6 is 0 Å². The molecule has 3 amide bonds. The van der Waals surface area contributed by atoms with Crippen LogP contribution in [-0.2, 0) is 4.79 Å². The predicted molar refractivity (Wildman–Crippen MR) is 106 cm³/mol. The zero-order valence-corrected chi connectivity index (χ0v) is 15.6. The van der Waals surface area contributed by atoms with Gasteiger partial charge in [0.05, 0.1) is 5.69 Å². The van der Waals surface area contributed by atoms with Gasteiger partial charge in [-0.1, -0.05) is 30.3 Å². The van der Waals surface area contributed by atoms with Crippen LogP contribution in [0.2, 0.25) is 0 Å². The topological polar surface area (TPSA) is 53.8 Å². The summed E-state index contributed by atoms with van der Waals surface area (Å²) in [5.41, 5.74) is 3.59. The zero-order chi connectivity index (χ0) is 19.0. The Morgan fingerprint density at radius 2 is 1.79 bits per heavy atom. The van der Waals surface area contributed by atoms with Crippen LogP contribution in [0.4, 0.5) is 10.5 Å². The molecule has 3 heterocycles. The van der Waals surface area contributed by atoms with Crippen molar-refractivity contribution in [1.29, 1.82) is 0 Å². The maximum Gasteiger partial charge on any atom is 0.332 e. The molecule has 0 spiro atoms. The Kier molecular flexibility index (Phi) is 3.11. The molecule has 3 aliphatic rings. The van der Waals surface area contributed by atoms with E-state index in [4.69, 9.17) is 4.42 Å². The van der Waals surface area contributed by atoms with Crippen molar-refractivity contribution in [2.45, 2.75) is 38.3 Å². The second kappa shape index (κ2) is 5.47. The van der Waals surface area contributed by atoms with Gasteiger partial charge in [0.25, 0.3) is 5.91 Å². The van der Waals surface area contributed by atoms with Crippen LogP contribution in [0, 0.1) is 12.8 Å². The highest BCUT2D eigenvalue weighted by molar-refractivity contribution is 6.22. The number of furan rings is 1. The molecular weight excluding hydrogens is 352 g/mol. The number of hydrogen-bond acceptors (Lipinski definition) is 3. The molecule has 28 heavy (non-hydrogen) atoms. The Bertz CT molecular complexity index is 1100. The van der Waals surface area contributed by atoms with Crippen LogP contribution in [0.3, 0.4) is 0 Å². The number of amides is 3. The van der Waals surface area contributed by atoms with E-state index in [0.29, 0.717) is 11.6 Å². The maximum absolute atomic E-state index is 13.0. The number of hydrogen-bond donors (Lipinski definition) is 0. The number of nitrogens with zero attached hydrogens (tertiary/aromatic N) is 2. The van der Waals surface area contributed by atoms with Gasteiger partial charge < -0.3 is 9.32 Å². The van der Waals surface area contributed by atoms with Gasteiger partial charge in [-0.05, 0) is 55.9 Å². The summed E-state index contributed by atoms with van der Waals surface area (Å²) in [5.74, 6) is 1.14. The molecule has 3 aromatic rings. The number of anilines is 1. The van der Waals surface area contributed by atoms with Crippen molar-refractivity contribution >= 4 is 28.6 Å². The smallest absolute Gasteiger partial charge is 0.332 e. The molecule has 3 fully saturated rings. The van der Waals surface area contributed by atoms with Gasteiger partial charge in [-0.3, -0.25) is 4.79 Å². The highest BCUT2D eigenvalue weighted by Crippen LogP contribution is 2.47. The first-order chi connectivity index (χ1) is 13.6. The van der Waals surface area contributed by atoms with Crippen molar-refractivity contribution in [3.05, 3.63) is 54.3 Å². The monoisotopic (exact) mass is 372 g/mol. The Hall–Kier alpha value is -3.08. The van der Waals surface area contributed by atoms with E-state index in [1.165, 1.54) is 4.90 Å². The maximum atomic E-state index is 13.0. The van der Waals surface area contributed by atoms with E-state index in [9.17, 15) is 9.59 Å². The van der Waals surface area contributed by atoms with Gasteiger partial charge in [-0.25, -0.2) is 9.69 Å². The number of fused-ring (bicyclic) bond motifs is 6. The minimum Gasteiger partial charge on any atom is -0.461 e. The SMILES string of the molecule is Cc1oc2ccccc2c1-c1ccc(N2C(=O)C3C4CCC(C4)N3C2=O)cc1. The van der Waals surface area contributed by atoms with Gasteiger partial charge in [0.2, 0.25) is 0 Å². The summed E-state index contributed by atoms with van der Waals surface area (Å²) in [6, 6.07) is 15.5. The van der Waals surface area contributed by atoms with E-state index < -0.39 is 0 Å². The fourth-order valence-corrected chi connectivity index (χ4v) is 5.46. The second-order valence-electron chi connectivity index (χ2n) is 8.11. The van der Waals surface area contributed by atoms with Crippen LogP contribution in [0.25, 0.3) is 22.1 Å². The number of carbonyl (C=O) groups is 2. The molecule has 6 rings (SSSR count). The molecular formula is C23H20N2O3. The number of carbonyl (C=O) groups excluding carboxylic acids is 2. The van der Waals surface area contributed by atoms with E-state index in [-0.39, 0.29) is 24.0 Å². The normalized spacial score (nSPS) is 26.0. The third-order valence-electron chi connectivity index (χ3n) is 6.66. The van der Waals surface area contributed by atoms with Gasteiger partial charge in [-0.2, -0.15) is 0 Å². The number of imide groups is 1. The summed E-state index contributed by atoms with van der Waals surface area (Å²) >= 11 is 0. The third kappa shape index (κ3) is 1.96. The minimum absolute atomic E-state index is 0.0603. The van der Waals surface area contributed by atoms with Crippen LogP contribution in [0.15, 0.2) is 52.9 Å². The fourth-order valence-electron chi connectivity index (χ4n) is 5.46. The predicted octanol–water partition coefficient (Wildman–Crippen LogP) is 4.73. The van der Waals surface area contributed by atoms with Crippen LogP contribution in [0.1, 0.15) is 25.0 Å². The number of benzene rings is 2. The lowest BCUT2D eigenvalue weighted by molar-refractivity contribution is -0.120. The first kappa shape index (κ1) is 15.9. The van der Waals surface area contributed by atoms with Crippen molar-refractivity contribution in [2.24, 2.45) is 5.92 Å². The molecule has 2 bridgehead atoms. The molecule has 1 aliphatic carbocycles. The molecule has 140 valence electrons. The van der Waals surface area contributed by atoms with Crippen molar-refractivity contribution < 1.29 is 14.0 Å². The number of piperidine rings is 1. The molecule has 2 aromatic carbocycles. The average Bonchev–Trinajstić information content (AvgIpc) is 3.44. The van der Waals surface area contributed by atoms with Gasteiger partial charge in [0, 0.05) is 17.0 Å². The van der Waals surface area contributed by atoms with Crippen LogP contribution in [-0.4, -0.2) is 28.9 Å². The zero-order valence-electron chi connectivity index (χ0n) is 15.6. The van der Waals surface area contributed by atoms with E-state index in [1.54, 1.807) is 0 Å². The molecule has 1 aromatic heterocycles. The van der Waals surface area contributed by atoms with Crippen molar-refractivity contribution in [3.63, 3.8) is 0 Å². The largest absolute Gasteiger partial charge is 0.461 e. The molecule has 2 aliphatic heterocycles. The van der Waals surface area contributed by atoms with Crippen molar-refractivity contribution in [3.8, 4) is 11.1 Å². The van der Waals surface area contributed by atoms with Gasteiger partial charge in [0.1, 0.15) is 17.4 Å². The Labute approximate surface area is 162 Å². The molecule has 3 atom stereocenters. The summed E-state index contributed by atoms with van der Waals surface area (Å²) < 4.78 is 5.87. The molecule has 5 heteroatoms. The van der Waals surface area contributed by atoms with E-state index in [1.807, 2.05) is 60.4 Å². The molecule has 3 unspecified atom stereocenters. The highest BCUT2D eigenvalue weighted by Gasteiger charge is 2.59. The first-order valence-electron chi connectivity index (χ1n) is 9.88. The van der Waals surface area contributed by atoms with Gasteiger partial charge in [0.15, 0.2) is 0 Å². The average molecular weight is 372 g/mol. The lowest BCUT2D eigenvalue weighted by atomic mass is 9.99. The molecule has 2 saturated heterocycles. The fraction of sp³-hybridized carbons (Fsp3) is 0.304. The summed E-state index contributed by atoms with van der Waals surface area (Å²) in [4.78, 5) is 29.1. The molecule has 0 N–H and O–H groups in total. The van der Waals surface area contributed by atoms with E-state index >= 15 is 0 Å². The second-order valence-corrected chi connectivity index (χ2v) is 8.11. The van der Waals surface area contributed by atoms with Gasteiger partial charge >= 0.3 is 6.03 Å². The third-order valence-corrected chi connectivity index (χ3v) is 6.66. The standard InChI is InChI=1S/C23H20N2O3/c1-13-20(18-4-2-3-5-19(18)28-13)14-6-9-16(10-7-14)25-22(26)21-15-8-11-17(12-15)24(21)23(25)27/h2-7,9-10,15,17,21H,8,11-12H2,1H3. The minimum atomic E-state index is -0.244. The Balaban J connectivity index is 1.37. The summed E-state index contributed by atoms with van der Waals surface area (Å²) in [5, 5.41) is 1.07. The highest BCUT2D eigenvalue weighted by atomic mass is 16.3. The quantitative estimate of drug-likeness (QED) is 0.611. The Morgan fingerprint density at radius 3 is 2.57 bits per heavy atom.